The second-order valence-corrected chi connectivity index (χ2v) is 6.26. The molecule has 1 heterocycles. The van der Waals surface area contributed by atoms with Crippen LogP contribution in [0.4, 0.5) is 0 Å². The zero-order valence-corrected chi connectivity index (χ0v) is 13.5. The highest BCUT2D eigenvalue weighted by atomic mass is 16.4. The van der Waals surface area contributed by atoms with E-state index in [9.17, 15) is 9.90 Å². The quantitative estimate of drug-likeness (QED) is 0.606. The molecule has 4 nitrogen and oxygen atoms in total. The fourth-order valence-electron chi connectivity index (χ4n) is 3.12. The van der Waals surface area contributed by atoms with Crippen LogP contribution in [-0.2, 0) is 4.79 Å². The van der Waals surface area contributed by atoms with Gasteiger partial charge in [0.1, 0.15) is 5.54 Å². The number of likely N-dealkylation sites (tertiary alicyclic amines) is 1. The third kappa shape index (κ3) is 5.06. The van der Waals surface area contributed by atoms with E-state index in [0.29, 0.717) is 6.42 Å². The lowest BCUT2D eigenvalue weighted by atomic mass is 9.94. The van der Waals surface area contributed by atoms with E-state index in [1.54, 1.807) is 0 Å². The first-order valence-electron chi connectivity index (χ1n) is 8.26. The highest BCUT2D eigenvalue weighted by Crippen LogP contribution is 2.21. The largest absolute Gasteiger partial charge is 0.480 e. The number of aliphatic carboxylic acids is 1. The zero-order valence-electron chi connectivity index (χ0n) is 13.5. The summed E-state index contributed by atoms with van der Waals surface area (Å²) in [4.78, 5) is 14.0. The molecule has 1 aliphatic rings. The third-order valence-corrected chi connectivity index (χ3v) is 4.58. The molecule has 0 aromatic carbocycles. The number of unbranched alkanes of at least 4 members (excludes halogenated alkanes) is 1. The van der Waals surface area contributed by atoms with Crippen molar-refractivity contribution in [1.29, 1.82) is 0 Å². The van der Waals surface area contributed by atoms with Gasteiger partial charge in [-0.05, 0) is 71.5 Å². The van der Waals surface area contributed by atoms with Crippen LogP contribution in [-0.4, -0.2) is 47.2 Å². The molecule has 0 aromatic heterocycles. The minimum absolute atomic E-state index is 0.715. The van der Waals surface area contributed by atoms with Gasteiger partial charge in [0.05, 0.1) is 0 Å². The van der Waals surface area contributed by atoms with E-state index < -0.39 is 11.5 Å². The van der Waals surface area contributed by atoms with E-state index in [0.717, 1.165) is 38.4 Å². The van der Waals surface area contributed by atoms with Crippen molar-refractivity contribution >= 4 is 5.97 Å². The highest BCUT2D eigenvalue weighted by Gasteiger charge is 2.31. The summed E-state index contributed by atoms with van der Waals surface area (Å²) in [6.45, 7) is 9.26. The van der Waals surface area contributed by atoms with E-state index in [1.807, 2.05) is 6.92 Å². The molecule has 0 spiro atoms. The van der Waals surface area contributed by atoms with Crippen molar-refractivity contribution in [2.75, 3.05) is 19.6 Å². The van der Waals surface area contributed by atoms with Crippen LogP contribution in [0.5, 0.6) is 0 Å². The van der Waals surface area contributed by atoms with E-state index in [2.05, 4.69) is 24.1 Å². The Kier molecular flexibility index (Phi) is 7.52. The summed E-state index contributed by atoms with van der Waals surface area (Å²) in [5, 5.41) is 12.6. The Hall–Kier alpha value is -0.610. The predicted octanol–water partition coefficient (Wildman–Crippen LogP) is 2.87. The maximum atomic E-state index is 11.4. The van der Waals surface area contributed by atoms with Gasteiger partial charge in [-0.1, -0.05) is 13.8 Å². The number of nitrogens with one attached hydrogen (secondary N) is 1. The molecule has 2 N–H and O–H groups in total. The van der Waals surface area contributed by atoms with Gasteiger partial charge in [-0.15, -0.1) is 0 Å². The van der Waals surface area contributed by atoms with E-state index in [1.165, 1.54) is 25.8 Å². The number of nitrogens with zero attached hydrogens (tertiary/aromatic N) is 1. The summed E-state index contributed by atoms with van der Waals surface area (Å²) >= 11 is 0. The fourth-order valence-corrected chi connectivity index (χ4v) is 3.12. The van der Waals surface area contributed by atoms with E-state index in [-0.39, 0.29) is 0 Å². The molecule has 0 saturated carbocycles. The SMILES string of the molecule is CCCNC(C)(CCCCN1CCCC1CC)C(=O)O. The molecule has 1 aliphatic heterocycles. The molecule has 0 bridgehead atoms. The molecule has 0 aromatic rings. The Morgan fingerprint density at radius 1 is 1.40 bits per heavy atom. The van der Waals surface area contributed by atoms with Crippen LogP contribution in [0.1, 0.15) is 65.7 Å². The van der Waals surface area contributed by atoms with Gasteiger partial charge in [0.2, 0.25) is 0 Å². The lowest BCUT2D eigenvalue weighted by Gasteiger charge is -2.27. The second kappa shape index (κ2) is 8.63. The van der Waals surface area contributed by atoms with Gasteiger partial charge in [0.25, 0.3) is 0 Å². The van der Waals surface area contributed by atoms with E-state index >= 15 is 0 Å². The summed E-state index contributed by atoms with van der Waals surface area (Å²) in [7, 11) is 0. The van der Waals surface area contributed by atoms with Crippen molar-refractivity contribution in [2.24, 2.45) is 0 Å². The van der Waals surface area contributed by atoms with Crippen LogP contribution in [0.25, 0.3) is 0 Å². The lowest BCUT2D eigenvalue weighted by Crippen LogP contribution is -2.49. The van der Waals surface area contributed by atoms with E-state index in [4.69, 9.17) is 0 Å². The monoisotopic (exact) mass is 284 g/mol. The molecule has 0 radical (unpaired) electrons. The Morgan fingerprint density at radius 3 is 2.75 bits per heavy atom. The third-order valence-electron chi connectivity index (χ3n) is 4.58. The fraction of sp³-hybridized carbons (Fsp3) is 0.938. The molecule has 2 unspecified atom stereocenters. The predicted molar refractivity (Wildman–Crippen MR) is 83.1 cm³/mol. The molecule has 20 heavy (non-hydrogen) atoms. The van der Waals surface area contributed by atoms with Crippen molar-refractivity contribution in [3.8, 4) is 0 Å². The van der Waals surface area contributed by atoms with Crippen LogP contribution >= 0.6 is 0 Å². The minimum Gasteiger partial charge on any atom is -0.480 e. The maximum Gasteiger partial charge on any atom is 0.323 e. The van der Waals surface area contributed by atoms with Crippen LogP contribution in [0.2, 0.25) is 0 Å². The number of hydrogen-bond donors (Lipinski definition) is 2. The maximum absolute atomic E-state index is 11.4. The number of carboxylic acid groups (broad SMARTS) is 1. The van der Waals surface area contributed by atoms with Gasteiger partial charge in [0, 0.05) is 6.04 Å². The molecule has 1 saturated heterocycles. The summed E-state index contributed by atoms with van der Waals surface area (Å²) in [5.41, 5.74) is -0.759. The van der Waals surface area contributed by atoms with Crippen molar-refractivity contribution in [2.45, 2.75) is 77.3 Å². The van der Waals surface area contributed by atoms with Gasteiger partial charge < -0.3 is 15.3 Å². The minimum atomic E-state index is -0.759. The van der Waals surface area contributed by atoms with Gasteiger partial charge in [0.15, 0.2) is 0 Å². The molecular weight excluding hydrogens is 252 g/mol. The molecule has 4 heteroatoms. The Balaban J connectivity index is 2.28. The molecular formula is C16H32N2O2. The first-order chi connectivity index (χ1) is 9.53. The number of carboxylic acids is 1. The molecule has 1 rings (SSSR count). The van der Waals surface area contributed by atoms with Crippen LogP contribution in [0.3, 0.4) is 0 Å². The first-order valence-corrected chi connectivity index (χ1v) is 8.26. The standard InChI is InChI=1S/C16H32N2O2/c1-4-11-17-16(3,15(19)20)10-6-7-12-18-13-8-9-14(18)5-2/h14,17H,4-13H2,1-3H3,(H,19,20). The number of hydrogen-bond acceptors (Lipinski definition) is 3. The smallest absolute Gasteiger partial charge is 0.323 e. The first kappa shape index (κ1) is 17.4. The number of rotatable bonds is 10. The van der Waals surface area contributed by atoms with Gasteiger partial charge in [-0.25, -0.2) is 0 Å². The summed E-state index contributed by atoms with van der Waals surface area (Å²) in [6.07, 6.45) is 7.66. The van der Waals surface area contributed by atoms with Gasteiger partial charge in [-0.3, -0.25) is 4.79 Å². The van der Waals surface area contributed by atoms with Crippen molar-refractivity contribution in [3.63, 3.8) is 0 Å². The molecule has 0 aliphatic carbocycles. The van der Waals surface area contributed by atoms with Crippen molar-refractivity contribution in [1.82, 2.24) is 10.2 Å². The van der Waals surface area contributed by atoms with Crippen LogP contribution in [0, 0.1) is 0 Å². The Bertz CT molecular complexity index is 296. The topological polar surface area (TPSA) is 52.6 Å². The summed E-state index contributed by atoms with van der Waals surface area (Å²) < 4.78 is 0. The highest BCUT2D eigenvalue weighted by molar-refractivity contribution is 5.78. The Morgan fingerprint density at radius 2 is 2.15 bits per heavy atom. The van der Waals surface area contributed by atoms with Gasteiger partial charge >= 0.3 is 5.97 Å². The average Bonchev–Trinajstić information content (AvgIpc) is 2.88. The van der Waals surface area contributed by atoms with Crippen LogP contribution in [0.15, 0.2) is 0 Å². The van der Waals surface area contributed by atoms with Crippen LogP contribution < -0.4 is 5.32 Å². The lowest BCUT2D eigenvalue weighted by molar-refractivity contribution is -0.144. The van der Waals surface area contributed by atoms with Crippen molar-refractivity contribution in [3.05, 3.63) is 0 Å². The zero-order chi connectivity index (χ0) is 15.0. The molecule has 2 atom stereocenters. The summed E-state index contributed by atoms with van der Waals surface area (Å²) in [6, 6.07) is 0.763. The number of carbonyl (C=O) groups is 1. The van der Waals surface area contributed by atoms with Crippen molar-refractivity contribution < 1.29 is 9.90 Å². The Labute approximate surface area is 123 Å². The molecule has 0 amide bonds. The normalized spacial score (nSPS) is 22.9. The average molecular weight is 284 g/mol. The van der Waals surface area contributed by atoms with Gasteiger partial charge in [-0.2, -0.15) is 0 Å². The molecule has 1 fully saturated rings. The second-order valence-electron chi connectivity index (χ2n) is 6.26. The molecule has 118 valence electrons. The summed E-state index contributed by atoms with van der Waals surface area (Å²) in [5.74, 6) is -0.724.